The van der Waals surface area contributed by atoms with Gasteiger partial charge in [0.05, 0.1) is 10.6 Å². The van der Waals surface area contributed by atoms with Crippen LogP contribution in [-0.4, -0.2) is 19.5 Å². The number of aromatic carboxylic acids is 1. The first-order chi connectivity index (χ1) is 12.6. The Labute approximate surface area is 163 Å². The Morgan fingerprint density at radius 1 is 1.26 bits per heavy atom. The number of benzene rings is 1. The standard InChI is InChI=1S/C20H23NO4S2/c1-20(2,3)15-8-9-17(14(12-15)7-6-13-4-5-13)27(24,25)21-16-10-11-26-18(16)19(22)23/h6-13,21H,4-5H2,1-3H3,(H,22,23). The summed E-state index contributed by atoms with van der Waals surface area (Å²) in [5.74, 6) is -0.637. The van der Waals surface area contributed by atoms with Gasteiger partial charge < -0.3 is 5.11 Å². The average Bonchev–Trinajstić information content (AvgIpc) is 3.29. The van der Waals surface area contributed by atoms with Crippen LogP contribution in [0.4, 0.5) is 5.69 Å². The number of allylic oxidation sites excluding steroid dienone is 1. The zero-order chi connectivity index (χ0) is 19.8. The second-order valence-corrected chi connectivity index (χ2v) is 10.3. The van der Waals surface area contributed by atoms with Crippen LogP contribution < -0.4 is 4.72 Å². The molecule has 0 amide bonds. The van der Waals surface area contributed by atoms with Crippen LogP contribution in [0.15, 0.2) is 40.6 Å². The fourth-order valence-corrected chi connectivity index (χ4v) is 4.68. The molecule has 1 aromatic heterocycles. The minimum absolute atomic E-state index is 0.0278. The lowest BCUT2D eigenvalue weighted by Gasteiger charge is -2.21. The first kappa shape index (κ1) is 19.6. The van der Waals surface area contributed by atoms with Crippen LogP contribution in [0.1, 0.15) is 54.4 Å². The van der Waals surface area contributed by atoms with E-state index in [0.29, 0.717) is 11.5 Å². The molecular weight excluding hydrogens is 382 g/mol. The highest BCUT2D eigenvalue weighted by Crippen LogP contribution is 2.33. The van der Waals surface area contributed by atoms with Gasteiger partial charge in [-0.1, -0.05) is 39.0 Å². The quantitative estimate of drug-likeness (QED) is 0.711. The summed E-state index contributed by atoms with van der Waals surface area (Å²) in [6.07, 6.45) is 6.18. The van der Waals surface area contributed by atoms with Crippen LogP contribution in [0.5, 0.6) is 0 Å². The van der Waals surface area contributed by atoms with Crippen LogP contribution >= 0.6 is 11.3 Å². The first-order valence-corrected chi connectivity index (χ1v) is 11.1. The Bertz CT molecular complexity index is 993. The van der Waals surface area contributed by atoms with Gasteiger partial charge in [-0.05, 0) is 58.9 Å². The van der Waals surface area contributed by atoms with Crippen molar-refractivity contribution >= 4 is 39.1 Å². The van der Waals surface area contributed by atoms with E-state index in [9.17, 15) is 18.3 Å². The Kier molecular flexibility index (Phi) is 5.18. The third-order valence-electron chi connectivity index (χ3n) is 4.44. The molecule has 1 aliphatic carbocycles. The molecule has 0 atom stereocenters. The topological polar surface area (TPSA) is 83.5 Å². The van der Waals surface area contributed by atoms with E-state index in [1.54, 1.807) is 11.4 Å². The maximum absolute atomic E-state index is 13.0. The molecule has 1 heterocycles. The monoisotopic (exact) mass is 405 g/mol. The minimum Gasteiger partial charge on any atom is -0.477 e. The van der Waals surface area contributed by atoms with Gasteiger partial charge in [0.15, 0.2) is 0 Å². The summed E-state index contributed by atoms with van der Waals surface area (Å²) in [5, 5.41) is 10.8. The van der Waals surface area contributed by atoms with Crippen LogP contribution in [-0.2, 0) is 15.4 Å². The normalized spacial score (nSPS) is 15.2. The van der Waals surface area contributed by atoms with Gasteiger partial charge in [-0.25, -0.2) is 13.2 Å². The van der Waals surface area contributed by atoms with Gasteiger partial charge in [-0.2, -0.15) is 0 Å². The first-order valence-electron chi connectivity index (χ1n) is 8.74. The van der Waals surface area contributed by atoms with Gasteiger partial charge in [0.1, 0.15) is 4.88 Å². The molecule has 0 radical (unpaired) electrons. The van der Waals surface area contributed by atoms with Crippen molar-refractivity contribution in [2.75, 3.05) is 4.72 Å². The van der Waals surface area contributed by atoms with E-state index in [1.165, 1.54) is 6.07 Å². The summed E-state index contributed by atoms with van der Waals surface area (Å²) >= 11 is 0.986. The highest BCUT2D eigenvalue weighted by molar-refractivity contribution is 7.92. The van der Waals surface area contributed by atoms with Gasteiger partial charge in [-0.15, -0.1) is 11.3 Å². The maximum atomic E-state index is 13.0. The minimum atomic E-state index is -3.92. The zero-order valence-electron chi connectivity index (χ0n) is 15.5. The van der Waals surface area contributed by atoms with E-state index >= 15 is 0 Å². The van der Waals surface area contributed by atoms with Crippen molar-refractivity contribution < 1.29 is 18.3 Å². The zero-order valence-corrected chi connectivity index (χ0v) is 17.2. The Hall–Kier alpha value is -2.12. The van der Waals surface area contributed by atoms with Gasteiger partial charge >= 0.3 is 5.97 Å². The number of carbonyl (C=O) groups is 1. The predicted molar refractivity (Wildman–Crippen MR) is 109 cm³/mol. The number of nitrogens with one attached hydrogen (secondary N) is 1. The van der Waals surface area contributed by atoms with Crippen molar-refractivity contribution in [1.29, 1.82) is 0 Å². The summed E-state index contributed by atoms with van der Waals surface area (Å²) in [4.78, 5) is 11.4. The summed E-state index contributed by atoms with van der Waals surface area (Å²) in [6, 6.07) is 6.78. The predicted octanol–water partition coefficient (Wildman–Crippen LogP) is 4.97. The van der Waals surface area contributed by atoms with E-state index in [1.807, 2.05) is 24.3 Å². The number of hydrogen-bond acceptors (Lipinski definition) is 4. The van der Waals surface area contributed by atoms with E-state index in [0.717, 1.165) is 29.7 Å². The second kappa shape index (κ2) is 7.13. The largest absolute Gasteiger partial charge is 0.477 e. The van der Waals surface area contributed by atoms with Gasteiger partial charge in [-0.3, -0.25) is 4.72 Å². The number of hydrogen-bond donors (Lipinski definition) is 2. The molecule has 0 unspecified atom stereocenters. The van der Waals surface area contributed by atoms with Crippen molar-refractivity contribution in [2.45, 2.75) is 43.9 Å². The summed E-state index contributed by atoms with van der Waals surface area (Å²) < 4.78 is 28.4. The van der Waals surface area contributed by atoms with Crippen molar-refractivity contribution in [1.82, 2.24) is 0 Å². The summed E-state index contributed by atoms with van der Waals surface area (Å²) in [7, 11) is -3.92. The van der Waals surface area contributed by atoms with Crippen molar-refractivity contribution in [3.63, 3.8) is 0 Å². The molecular formula is C20H23NO4S2. The van der Waals surface area contributed by atoms with Crippen LogP contribution in [0.3, 0.4) is 0 Å². The lowest BCUT2D eigenvalue weighted by atomic mass is 9.86. The molecule has 1 fully saturated rings. The van der Waals surface area contributed by atoms with Crippen LogP contribution in [0.2, 0.25) is 0 Å². The molecule has 0 spiro atoms. The smallest absolute Gasteiger partial charge is 0.348 e. The van der Waals surface area contributed by atoms with Gasteiger partial charge in [0.2, 0.25) is 0 Å². The molecule has 27 heavy (non-hydrogen) atoms. The molecule has 3 rings (SSSR count). The van der Waals surface area contributed by atoms with E-state index in [-0.39, 0.29) is 20.9 Å². The molecule has 2 N–H and O–H groups in total. The van der Waals surface area contributed by atoms with Gasteiger partial charge in [0.25, 0.3) is 10.0 Å². The van der Waals surface area contributed by atoms with Gasteiger partial charge in [0, 0.05) is 0 Å². The number of carboxylic acid groups (broad SMARTS) is 1. The molecule has 5 nitrogen and oxygen atoms in total. The van der Waals surface area contributed by atoms with E-state index in [2.05, 4.69) is 25.5 Å². The van der Waals surface area contributed by atoms with Crippen molar-refractivity contribution in [2.24, 2.45) is 5.92 Å². The molecule has 0 bridgehead atoms. The molecule has 0 saturated heterocycles. The summed E-state index contributed by atoms with van der Waals surface area (Å²) in [6.45, 7) is 6.23. The number of thiophene rings is 1. The van der Waals surface area contributed by atoms with Crippen molar-refractivity contribution in [3.8, 4) is 0 Å². The molecule has 1 saturated carbocycles. The number of rotatable bonds is 6. The lowest BCUT2D eigenvalue weighted by Crippen LogP contribution is -2.17. The molecule has 144 valence electrons. The highest BCUT2D eigenvalue weighted by atomic mass is 32.2. The third-order valence-corrected chi connectivity index (χ3v) is 6.78. The molecule has 0 aliphatic heterocycles. The molecule has 1 aromatic carbocycles. The number of anilines is 1. The summed E-state index contributed by atoms with van der Waals surface area (Å²) in [5.41, 5.74) is 1.64. The second-order valence-electron chi connectivity index (χ2n) is 7.77. The third kappa shape index (κ3) is 4.59. The Morgan fingerprint density at radius 2 is 1.96 bits per heavy atom. The Balaban J connectivity index is 2.02. The highest BCUT2D eigenvalue weighted by Gasteiger charge is 2.24. The van der Waals surface area contributed by atoms with E-state index < -0.39 is 16.0 Å². The number of carboxylic acids is 1. The fourth-order valence-electron chi connectivity index (χ4n) is 2.67. The van der Waals surface area contributed by atoms with Crippen molar-refractivity contribution in [3.05, 3.63) is 51.7 Å². The SMILES string of the molecule is CC(C)(C)c1ccc(S(=O)(=O)Nc2ccsc2C(=O)O)c(C=CC2CC2)c1. The van der Waals surface area contributed by atoms with Crippen LogP contribution in [0, 0.1) is 5.92 Å². The number of sulfonamides is 1. The molecule has 2 aromatic rings. The van der Waals surface area contributed by atoms with E-state index in [4.69, 9.17) is 0 Å². The fraction of sp³-hybridized carbons (Fsp3) is 0.350. The maximum Gasteiger partial charge on any atom is 0.348 e. The average molecular weight is 406 g/mol. The molecule has 1 aliphatic rings. The van der Waals surface area contributed by atoms with Crippen LogP contribution in [0.25, 0.3) is 6.08 Å². The Morgan fingerprint density at radius 3 is 2.56 bits per heavy atom. The lowest BCUT2D eigenvalue weighted by molar-refractivity contribution is 0.0703. The molecule has 7 heteroatoms.